The van der Waals surface area contributed by atoms with Gasteiger partial charge in [-0.05, 0) is 39.8 Å². The van der Waals surface area contributed by atoms with Gasteiger partial charge in [0, 0.05) is 30.7 Å². The molecule has 0 bridgehead atoms. The summed E-state index contributed by atoms with van der Waals surface area (Å²) in [6.07, 6.45) is 2.80. The van der Waals surface area contributed by atoms with Gasteiger partial charge in [-0.2, -0.15) is 0 Å². The average molecular weight is 270 g/mol. The van der Waals surface area contributed by atoms with Gasteiger partial charge in [0.2, 0.25) is 0 Å². The summed E-state index contributed by atoms with van der Waals surface area (Å²) in [7, 11) is 0. The SMILES string of the molecule is CCOC1CC(NC(C)CN(CC)CC)C1(C)CC. The zero-order valence-corrected chi connectivity index (χ0v) is 13.8. The van der Waals surface area contributed by atoms with E-state index >= 15 is 0 Å². The van der Waals surface area contributed by atoms with Gasteiger partial charge < -0.3 is 15.0 Å². The lowest BCUT2D eigenvalue weighted by Crippen LogP contribution is -2.64. The Morgan fingerprint density at radius 1 is 1.26 bits per heavy atom. The summed E-state index contributed by atoms with van der Waals surface area (Å²) >= 11 is 0. The first-order valence-corrected chi connectivity index (χ1v) is 8.11. The molecule has 19 heavy (non-hydrogen) atoms. The van der Waals surface area contributed by atoms with Crippen LogP contribution in [-0.4, -0.2) is 49.3 Å². The monoisotopic (exact) mass is 270 g/mol. The Hall–Kier alpha value is -0.120. The van der Waals surface area contributed by atoms with Crippen LogP contribution in [0.1, 0.15) is 54.4 Å². The fourth-order valence-corrected chi connectivity index (χ4v) is 3.27. The van der Waals surface area contributed by atoms with E-state index in [2.05, 4.69) is 51.8 Å². The first-order chi connectivity index (χ1) is 9.01. The molecule has 3 nitrogen and oxygen atoms in total. The van der Waals surface area contributed by atoms with Crippen molar-refractivity contribution in [3.63, 3.8) is 0 Å². The second kappa shape index (κ2) is 7.61. The maximum atomic E-state index is 5.87. The Morgan fingerprint density at radius 3 is 2.37 bits per heavy atom. The molecule has 0 aromatic rings. The number of ether oxygens (including phenoxy) is 1. The number of likely N-dealkylation sites (N-methyl/N-ethyl adjacent to an activating group) is 1. The van der Waals surface area contributed by atoms with Gasteiger partial charge in [-0.1, -0.05) is 27.7 Å². The smallest absolute Gasteiger partial charge is 0.0658 e. The maximum absolute atomic E-state index is 5.87. The molecule has 0 aromatic carbocycles. The molecule has 0 heterocycles. The van der Waals surface area contributed by atoms with Crippen LogP contribution >= 0.6 is 0 Å². The van der Waals surface area contributed by atoms with Gasteiger partial charge >= 0.3 is 0 Å². The Morgan fingerprint density at radius 2 is 1.89 bits per heavy atom. The van der Waals surface area contributed by atoms with Crippen LogP contribution in [0.2, 0.25) is 0 Å². The molecule has 0 amide bonds. The second-order valence-corrected chi connectivity index (χ2v) is 6.15. The number of hydrogen-bond donors (Lipinski definition) is 1. The average Bonchev–Trinajstić information content (AvgIpc) is 2.42. The molecule has 1 rings (SSSR count). The van der Waals surface area contributed by atoms with Gasteiger partial charge in [0.25, 0.3) is 0 Å². The molecule has 3 heteroatoms. The summed E-state index contributed by atoms with van der Waals surface area (Å²) in [6.45, 7) is 17.8. The third-order valence-corrected chi connectivity index (χ3v) is 5.02. The normalized spacial score (nSPS) is 32.4. The van der Waals surface area contributed by atoms with Crippen molar-refractivity contribution in [3.8, 4) is 0 Å². The number of hydrogen-bond acceptors (Lipinski definition) is 3. The van der Waals surface area contributed by atoms with Crippen LogP contribution in [0, 0.1) is 5.41 Å². The van der Waals surface area contributed by atoms with Gasteiger partial charge in [0.15, 0.2) is 0 Å². The molecule has 0 radical (unpaired) electrons. The largest absolute Gasteiger partial charge is 0.378 e. The van der Waals surface area contributed by atoms with Gasteiger partial charge in [0.1, 0.15) is 0 Å². The van der Waals surface area contributed by atoms with Crippen molar-refractivity contribution >= 4 is 0 Å². The van der Waals surface area contributed by atoms with E-state index in [0.29, 0.717) is 23.6 Å². The molecule has 0 aliphatic heterocycles. The highest BCUT2D eigenvalue weighted by Gasteiger charge is 2.51. The van der Waals surface area contributed by atoms with Crippen molar-refractivity contribution in [2.45, 2.75) is 72.6 Å². The van der Waals surface area contributed by atoms with Crippen LogP contribution < -0.4 is 5.32 Å². The number of nitrogens with one attached hydrogen (secondary N) is 1. The predicted molar refractivity (Wildman–Crippen MR) is 82.6 cm³/mol. The van der Waals surface area contributed by atoms with Crippen LogP contribution in [0.5, 0.6) is 0 Å². The third-order valence-electron chi connectivity index (χ3n) is 5.02. The van der Waals surface area contributed by atoms with E-state index in [9.17, 15) is 0 Å². The molecule has 0 saturated heterocycles. The lowest BCUT2D eigenvalue weighted by Gasteiger charge is -2.54. The molecular formula is C16H34N2O. The Bertz CT molecular complexity index is 255. The maximum Gasteiger partial charge on any atom is 0.0658 e. The van der Waals surface area contributed by atoms with Gasteiger partial charge in [-0.25, -0.2) is 0 Å². The first kappa shape index (κ1) is 16.9. The van der Waals surface area contributed by atoms with E-state index in [0.717, 1.165) is 26.2 Å². The molecule has 4 unspecified atom stereocenters. The summed E-state index contributed by atoms with van der Waals surface area (Å²) < 4.78 is 5.87. The van der Waals surface area contributed by atoms with Crippen molar-refractivity contribution in [1.29, 1.82) is 0 Å². The fourth-order valence-electron chi connectivity index (χ4n) is 3.27. The van der Waals surface area contributed by atoms with Crippen molar-refractivity contribution in [2.75, 3.05) is 26.2 Å². The summed E-state index contributed by atoms with van der Waals surface area (Å²) in [6, 6.07) is 1.16. The Kier molecular flexibility index (Phi) is 6.78. The molecule has 4 atom stereocenters. The minimum absolute atomic E-state index is 0.313. The van der Waals surface area contributed by atoms with E-state index < -0.39 is 0 Å². The summed E-state index contributed by atoms with van der Waals surface area (Å²) in [4.78, 5) is 2.49. The standard InChI is InChI=1S/C16H34N2O/c1-7-16(6)14(11-15(16)19-10-4)17-13(5)12-18(8-2)9-3/h13-15,17H,7-12H2,1-6H3. The molecule has 1 N–H and O–H groups in total. The van der Waals surface area contributed by atoms with Crippen molar-refractivity contribution in [1.82, 2.24) is 10.2 Å². The summed E-state index contributed by atoms with van der Waals surface area (Å²) in [5.74, 6) is 0. The van der Waals surface area contributed by atoms with E-state index in [4.69, 9.17) is 4.74 Å². The summed E-state index contributed by atoms with van der Waals surface area (Å²) in [5, 5.41) is 3.82. The van der Waals surface area contributed by atoms with E-state index in [1.807, 2.05) is 0 Å². The summed E-state index contributed by atoms with van der Waals surface area (Å²) in [5.41, 5.74) is 0.313. The van der Waals surface area contributed by atoms with Crippen LogP contribution in [-0.2, 0) is 4.74 Å². The highest BCUT2D eigenvalue weighted by molar-refractivity contribution is 5.05. The lowest BCUT2D eigenvalue weighted by molar-refractivity contribution is -0.128. The van der Waals surface area contributed by atoms with E-state index in [1.165, 1.54) is 12.8 Å². The van der Waals surface area contributed by atoms with E-state index in [-0.39, 0.29) is 0 Å². The first-order valence-electron chi connectivity index (χ1n) is 8.11. The van der Waals surface area contributed by atoms with Crippen LogP contribution in [0.25, 0.3) is 0 Å². The van der Waals surface area contributed by atoms with Crippen LogP contribution in [0.15, 0.2) is 0 Å². The van der Waals surface area contributed by atoms with Crippen molar-refractivity contribution in [3.05, 3.63) is 0 Å². The van der Waals surface area contributed by atoms with Gasteiger partial charge in [0.05, 0.1) is 6.10 Å². The highest BCUT2D eigenvalue weighted by Crippen LogP contribution is 2.46. The van der Waals surface area contributed by atoms with Crippen molar-refractivity contribution < 1.29 is 4.74 Å². The quantitative estimate of drug-likeness (QED) is 0.697. The number of nitrogens with zero attached hydrogens (tertiary/aromatic N) is 1. The molecular weight excluding hydrogens is 236 g/mol. The fraction of sp³-hybridized carbons (Fsp3) is 1.00. The van der Waals surface area contributed by atoms with E-state index in [1.54, 1.807) is 0 Å². The molecule has 1 saturated carbocycles. The van der Waals surface area contributed by atoms with Crippen LogP contribution in [0.4, 0.5) is 0 Å². The minimum atomic E-state index is 0.313. The topological polar surface area (TPSA) is 24.5 Å². The molecule has 0 aromatic heterocycles. The Balaban J connectivity index is 2.45. The van der Waals surface area contributed by atoms with Gasteiger partial charge in [-0.15, -0.1) is 0 Å². The second-order valence-electron chi connectivity index (χ2n) is 6.15. The minimum Gasteiger partial charge on any atom is -0.378 e. The molecule has 0 spiro atoms. The molecule has 1 aliphatic rings. The molecule has 114 valence electrons. The lowest BCUT2D eigenvalue weighted by atomic mass is 9.61. The Labute approximate surface area is 120 Å². The zero-order valence-electron chi connectivity index (χ0n) is 13.8. The molecule has 1 aliphatic carbocycles. The predicted octanol–water partition coefficient (Wildman–Crippen LogP) is 2.90. The molecule has 1 fully saturated rings. The van der Waals surface area contributed by atoms with Gasteiger partial charge in [-0.3, -0.25) is 0 Å². The van der Waals surface area contributed by atoms with Crippen LogP contribution in [0.3, 0.4) is 0 Å². The number of rotatable bonds is 9. The highest BCUT2D eigenvalue weighted by atomic mass is 16.5. The third kappa shape index (κ3) is 3.93. The zero-order chi connectivity index (χ0) is 14.5. The van der Waals surface area contributed by atoms with Crippen molar-refractivity contribution in [2.24, 2.45) is 5.41 Å².